The molecule has 0 aromatic heterocycles. The van der Waals surface area contributed by atoms with E-state index in [9.17, 15) is 9.59 Å². The molecule has 0 saturated carbocycles. The number of rotatable bonds is 1. The molecule has 1 saturated heterocycles. The van der Waals surface area contributed by atoms with Gasteiger partial charge in [-0.1, -0.05) is 18.1 Å². The minimum absolute atomic E-state index is 0.0951. The van der Waals surface area contributed by atoms with Crippen LogP contribution in [0.4, 0.5) is 0 Å². The number of carbonyl (C=O) groups excluding carboxylic acids is 2. The van der Waals surface area contributed by atoms with E-state index >= 15 is 0 Å². The molecule has 3 heteroatoms. The van der Waals surface area contributed by atoms with Crippen molar-refractivity contribution in [3.63, 3.8) is 0 Å². The van der Waals surface area contributed by atoms with Crippen molar-refractivity contribution in [2.45, 2.75) is 12.8 Å². The average molecular weight is 189 g/mol. The highest BCUT2D eigenvalue weighted by molar-refractivity contribution is 6.05. The summed E-state index contributed by atoms with van der Waals surface area (Å²) in [5, 5.41) is 0. The van der Waals surface area contributed by atoms with E-state index < -0.39 is 0 Å². The molecule has 72 valence electrons. The Balaban J connectivity index is 2.25. The zero-order valence-corrected chi connectivity index (χ0v) is 7.77. The summed E-state index contributed by atoms with van der Waals surface area (Å²) in [4.78, 5) is 24.6. The van der Waals surface area contributed by atoms with Crippen molar-refractivity contribution >= 4 is 11.8 Å². The Morgan fingerprint density at radius 1 is 1.29 bits per heavy atom. The number of allylic oxidation sites excluding steroid dienone is 2. The predicted molar refractivity (Wildman–Crippen MR) is 50.9 cm³/mol. The molecule has 0 spiro atoms. The van der Waals surface area contributed by atoms with E-state index in [1.165, 1.54) is 4.90 Å². The van der Waals surface area contributed by atoms with Crippen LogP contribution in [0.1, 0.15) is 12.8 Å². The van der Waals surface area contributed by atoms with Gasteiger partial charge in [-0.05, 0) is 12.8 Å². The maximum Gasteiger partial charge on any atom is 0.234 e. The molecule has 0 aromatic carbocycles. The lowest BCUT2D eigenvalue weighted by Gasteiger charge is -2.14. The number of carbonyl (C=O) groups is 2. The van der Waals surface area contributed by atoms with Crippen LogP contribution in [0.3, 0.4) is 0 Å². The summed E-state index contributed by atoms with van der Waals surface area (Å²) in [6.45, 7) is 0.116. The van der Waals surface area contributed by atoms with Crippen LogP contribution in [0.15, 0.2) is 12.2 Å². The Bertz CT molecular complexity index is 325. The lowest BCUT2D eigenvalue weighted by atomic mass is 9.85. The van der Waals surface area contributed by atoms with Gasteiger partial charge in [-0.15, -0.1) is 6.42 Å². The molecule has 14 heavy (non-hydrogen) atoms. The average Bonchev–Trinajstić information content (AvgIpc) is 2.45. The molecule has 2 amide bonds. The molecular formula is C11H11NO2. The van der Waals surface area contributed by atoms with Crippen molar-refractivity contribution in [2.75, 3.05) is 6.54 Å². The molecule has 0 N–H and O–H groups in total. The van der Waals surface area contributed by atoms with Crippen molar-refractivity contribution in [1.29, 1.82) is 0 Å². The van der Waals surface area contributed by atoms with Crippen LogP contribution < -0.4 is 0 Å². The minimum atomic E-state index is -0.152. The van der Waals surface area contributed by atoms with Gasteiger partial charge in [-0.3, -0.25) is 14.5 Å². The van der Waals surface area contributed by atoms with Crippen LogP contribution in [0.5, 0.6) is 0 Å². The smallest absolute Gasteiger partial charge is 0.234 e. The first kappa shape index (κ1) is 9.01. The highest BCUT2D eigenvalue weighted by Crippen LogP contribution is 2.34. The Morgan fingerprint density at radius 2 is 1.79 bits per heavy atom. The van der Waals surface area contributed by atoms with Gasteiger partial charge in [-0.25, -0.2) is 0 Å². The van der Waals surface area contributed by atoms with Gasteiger partial charge in [0.15, 0.2) is 0 Å². The number of hydrogen-bond donors (Lipinski definition) is 0. The van der Waals surface area contributed by atoms with Gasteiger partial charge in [0.1, 0.15) is 0 Å². The molecule has 2 aliphatic rings. The second-order valence-corrected chi connectivity index (χ2v) is 3.62. The van der Waals surface area contributed by atoms with E-state index in [0.29, 0.717) is 12.8 Å². The highest BCUT2D eigenvalue weighted by Gasteiger charge is 2.46. The van der Waals surface area contributed by atoms with Gasteiger partial charge in [-0.2, -0.15) is 0 Å². The standard InChI is InChI=1S/C11H11NO2/c1-2-7-12-10(13)8-5-3-4-6-9(8)11(12)14/h1,3-4,8-9H,5-7H2. The second kappa shape index (κ2) is 3.30. The zero-order valence-electron chi connectivity index (χ0n) is 7.77. The van der Waals surface area contributed by atoms with Crippen LogP contribution in [0.2, 0.25) is 0 Å². The molecule has 3 nitrogen and oxygen atoms in total. The second-order valence-electron chi connectivity index (χ2n) is 3.62. The lowest BCUT2D eigenvalue weighted by Crippen LogP contribution is -2.31. The summed E-state index contributed by atoms with van der Waals surface area (Å²) in [6.07, 6.45) is 10.4. The van der Waals surface area contributed by atoms with Gasteiger partial charge >= 0.3 is 0 Å². The number of imide groups is 1. The fourth-order valence-corrected chi connectivity index (χ4v) is 2.12. The third-order valence-electron chi connectivity index (χ3n) is 2.85. The molecule has 2 atom stereocenters. The molecule has 2 rings (SSSR count). The third kappa shape index (κ3) is 1.15. The van der Waals surface area contributed by atoms with Crippen LogP contribution in [-0.2, 0) is 9.59 Å². The summed E-state index contributed by atoms with van der Waals surface area (Å²) in [7, 11) is 0. The molecule has 1 heterocycles. The van der Waals surface area contributed by atoms with Crippen molar-refractivity contribution in [3.8, 4) is 12.3 Å². The number of nitrogens with zero attached hydrogens (tertiary/aromatic N) is 1. The Labute approximate surface area is 82.8 Å². The van der Waals surface area contributed by atoms with Crippen LogP contribution in [0.25, 0.3) is 0 Å². The largest absolute Gasteiger partial charge is 0.274 e. The summed E-state index contributed by atoms with van der Waals surface area (Å²) in [5.41, 5.74) is 0. The summed E-state index contributed by atoms with van der Waals surface area (Å²) in [6, 6.07) is 0. The van der Waals surface area contributed by atoms with Crippen LogP contribution in [0, 0.1) is 24.2 Å². The quantitative estimate of drug-likeness (QED) is 0.343. The maximum absolute atomic E-state index is 11.7. The molecule has 2 unspecified atom stereocenters. The first-order chi connectivity index (χ1) is 6.75. The Morgan fingerprint density at radius 3 is 2.21 bits per heavy atom. The Kier molecular flexibility index (Phi) is 2.12. The molecule has 0 radical (unpaired) electrons. The fraction of sp³-hybridized carbons (Fsp3) is 0.455. The Hall–Kier alpha value is -1.56. The normalized spacial score (nSPS) is 30.4. The monoisotopic (exact) mass is 189 g/mol. The van der Waals surface area contributed by atoms with Crippen LogP contribution >= 0.6 is 0 Å². The molecular weight excluding hydrogens is 178 g/mol. The first-order valence-corrected chi connectivity index (χ1v) is 4.69. The molecule has 1 aliphatic carbocycles. The van der Waals surface area contributed by atoms with E-state index in [1.807, 2.05) is 12.2 Å². The summed E-state index contributed by atoms with van der Waals surface area (Å²) < 4.78 is 0. The van der Waals surface area contributed by atoms with Gasteiger partial charge in [0, 0.05) is 0 Å². The van der Waals surface area contributed by atoms with Gasteiger partial charge < -0.3 is 0 Å². The van der Waals surface area contributed by atoms with Gasteiger partial charge in [0.25, 0.3) is 0 Å². The van der Waals surface area contributed by atoms with E-state index in [1.54, 1.807) is 0 Å². The minimum Gasteiger partial charge on any atom is -0.274 e. The number of terminal acetylenes is 1. The maximum atomic E-state index is 11.7. The summed E-state index contributed by atoms with van der Waals surface area (Å²) in [5.74, 6) is 1.85. The molecule has 0 bridgehead atoms. The van der Waals surface area contributed by atoms with E-state index in [0.717, 1.165) is 0 Å². The van der Waals surface area contributed by atoms with Gasteiger partial charge in [0.05, 0.1) is 18.4 Å². The van der Waals surface area contributed by atoms with E-state index in [4.69, 9.17) is 6.42 Å². The molecule has 0 aromatic rings. The first-order valence-electron chi connectivity index (χ1n) is 4.69. The zero-order chi connectivity index (χ0) is 10.1. The SMILES string of the molecule is C#CCN1C(=O)C2CC=CCC2C1=O. The number of likely N-dealkylation sites (tertiary alicyclic amines) is 1. The van der Waals surface area contributed by atoms with Crippen molar-refractivity contribution in [2.24, 2.45) is 11.8 Å². The van der Waals surface area contributed by atoms with Crippen LogP contribution in [-0.4, -0.2) is 23.3 Å². The predicted octanol–water partition coefficient (Wildman–Crippen LogP) is 0.571. The van der Waals surface area contributed by atoms with Crippen molar-refractivity contribution in [1.82, 2.24) is 4.90 Å². The number of fused-ring (bicyclic) bond motifs is 1. The van der Waals surface area contributed by atoms with Crippen molar-refractivity contribution in [3.05, 3.63) is 12.2 Å². The fourth-order valence-electron chi connectivity index (χ4n) is 2.12. The van der Waals surface area contributed by atoms with Gasteiger partial charge in [0.2, 0.25) is 11.8 Å². The summed E-state index contributed by atoms with van der Waals surface area (Å²) >= 11 is 0. The number of amides is 2. The molecule has 1 fully saturated rings. The van der Waals surface area contributed by atoms with E-state index in [-0.39, 0.29) is 30.2 Å². The third-order valence-corrected chi connectivity index (χ3v) is 2.85. The molecule has 1 aliphatic heterocycles. The lowest BCUT2D eigenvalue weighted by molar-refractivity contribution is -0.139. The van der Waals surface area contributed by atoms with Crippen molar-refractivity contribution < 1.29 is 9.59 Å². The van der Waals surface area contributed by atoms with E-state index in [2.05, 4.69) is 5.92 Å². The number of hydrogen-bond acceptors (Lipinski definition) is 2. The topological polar surface area (TPSA) is 37.4 Å². The highest BCUT2D eigenvalue weighted by atomic mass is 16.2.